The lowest BCUT2D eigenvalue weighted by Gasteiger charge is -2.22. The normalized spacial score (nSPS) is 27.9. The van der Waals surface area contributed by atoms with Crippen molar-refractivity contribution in [2.45, 2.75) is 44.3 Å². The molecule has 0 saturated carbocycles. The number of phosphoric acid groups is 1. The molecule has 13 heteroatoms. The van der Waals surface area contributed by atoms with E-state index >= 15 is 0 Å². The number of ether oxygens (including phenoxy) is 1. The van der Waals surface area contributed by atoms with Crippen LogP contribution in [0.1, 0.15) is 26.0 Å². The summed E-state index contributed by atoms with van der Waals surface area (Å²) in [5, 5.41) is 20.2. The minimum absolute atomic E-state index is 0.0313. The Labute approximate surface area is 154 Å². The van der Waals surface area contributed by atoms with Gasteiger partial charge in [0, 0.05) is 0 Å². The zero-order valence-corrected chi connectivity index (χ0v) is 15.5. The predicted molar refractivity (Wildman–Crippen MR) is 92.3 cm³/mol. The molecular weight excluding hydrogens is 381 g/mol. The zero-order chi connectivity index (χ0) is 19.6. The molecule has 2 aromatic rings. The first-order valence-corrected chi connectivity index (χ1v) is 9.90. The number of fused-ring (bicyclic) bond motifs is 1. The van der Waals surface area contributed by atoms with Crippen molar-refractivity contribution in [2.75, 3.05) is 18.9 Å². The van der Waals surface area contributed by atoms with E-state index in [1.54, 1.807) is 0 Å². The van der Waals surface area contributed by atoms with Gasteiger partial charge in [-0.2, -0.15) is 0 Å². The molecule has 0 spiro atoms. The molecule has 150 valence electrons. The summed E-state index contributed by atoms with van der Waals surface area (Å²) in [4.78, 5) is 21.9. The maximum Gasteiger partial charge on any atom is 0.472 e. The number of aromatic nitrogens is 4. The van der Waals surface area contributed by atoms with E-state index in [1.165, 1.54) is 17.2 Å². The largest absolute Gasteiger partial charge is 0.472 e. The molecule has 1 aliphatic rings. The first kappa shape index (κ1) is 20.1. The number of nitrogen functional groups attached to an aromatic ring is 1. The molecule has 5 atom stereocenters. The third-order valence-electron chi connectivity index (χ3n) is 4.16. The Morgan fingerprint density at radius 2 is 2.19 bits per heavy atom. The molecule has 1 fully saturated rings. The highest BCUT2D eigenvalue weighted by Crippen LogP contribution is 2.48. The van der Waals surface area contributed by atoms with Crippen LogP contribution in [0.25, 0.3) is 11.2 Å². The van der Waals surface area contributed by atoms with Crippen molar-refractivity contribution < 1.29 is 33.5 Å². The van der Waals surface area contributed by atoms with Crippen molar-refractivity contribution in [3.63, 3.8) is 0 Å². The number of aliphatic hydroxyl groups is 2. The van der Waals surface area contributed by atoms with Gasteiger partial charge in [0.2, 0.25) is 0 Å². The number of imidazole rings is 1. The lowest BCUT2D eigenvalue weighted by Crippen LogP contribution is -2.35. The second-order valence-electron chi connectivity index (χ2n) is 6.05. The minimum atomic E-state index is -4.44. The summed E-state index contributed by atoms with van der Waals surface area (Å²) in [5.74, 6) is 0.155. The van der Waals surface area contributed by atoms with Gasteiger partial charge >= 0.3 is 7.82 Å². The van der Waals surface area contributed by atoms with Gasteiger partial charge in [0.15, 0.2) is 17.7 Å². The number of nitrogens with two attached hydrogens (primary N) is 1. The average molecular weight is 403 g/mol. The SMILES string of the molecule is CCCCOP(=O)(O)O[C@@H]1[C@H](O)[C@H](n2cnc3c(N)ncnc32)O[C@H]1CO. The van der Waals surface area contributed by atoms with Crippen LogP contribution in [0.15, 0.2) is 12.7 Å². The van der Waals surface area contributed by atoms with Gasteiger partial charge in [-0.05, 0) is 6.42 Å². The van der Waals surface area contributed by atoms with E-state index in [0.717, 1.165) is 6.42 Å². The molecule has 2 aromatic heterocycles. The number of anilines is 1. The second-order valence-corrected chi connectivity index (χ2v) is 7.45. The van der Waals surface area contributed by atoms with E-state index in [0.29, 0.717) is 17.6 Å². The van der Waals surface area contributed by atoms with E-state index in [-0.39, 0.29) is 12.4 Å². The molecular formula is C14H22N5O7P. The van der Waals surface area contributed by atoms with Crippen molar-refractivity contribution in [3.05, 3.63) is 12.7 Å². The van der Waals surface area contributed by atoms with E-state index < -0.39 is 39.0 Å². The monoisotopic (exact) mass is 403 g/mol. The van der Waals surface area contributed by atoms with Crippen molar-refractivity contribution in [3.8, 4) is 0 Å². The summed E-state index contributed by atoms with van der Waals surface area (Å²) < 4.78 is 29.1. The Morgan fingerprint density at radius 1 is 1.41 bits per heavy atom. The van der Waals surface area contributed by atoms with Gasteiger partial charge in [-0.1, -0.05) is 13.3 Å². The van der Waals surface area contributed by atoms with Crippen LogP contribution in [-0.2, 0) is 18.3 Å². The molecule has 3 rings (SSSR count). The van der Waals surface area contributed by atoms with Crippen LogP contribution in [-0.4, -0.2) is 66.2 Å². The fraction of sp³-hybridized carbons (Fsp3) is 0.643. The molecule has 0 aromatic carbocycles. The van der Waals surface area contributed by atoms with Crippen LogP contribution in [0, 0.1) is 0 Å². The molecule has 0 radical (unpaired) electrons. The van der Waals surface area contributed by atoms with Crippen molar-refractivity contribution in [1.82, 2.24) is 19.5 Å². The number of hydrogen-bond acceptors (Lipinski definition) is 10. The highest BCUT2D eigenvalue weighted by Gasteiger charge is 2.49. The van der Waals surface area contributed by atoms with Crippen LogP contribution in [0.4, 0.5) is 5.82 Å². The number of aliphatic hydroxyl groups excluding tert-OH is 2. The highest BCUT2D eigenvalue weighted by atomic mass is 31.2. The smallest absolute Gasteiger partial charge is 0.394 e. The molecule has 0 bridgehead atoms. The van der Waals surface area contributed by atoms with Crippen LogP contribution in [0.5, 0.6) is 0 Å². The van der Waals surface area contributed by atoms with Gasteiger partial charge in [0.1, 0.15) is 30.2 Å². The first-order valence-electron chi connectivity index (χ1n) is 8.41. The molecule has 5 N–H and O–H groups in total. The number of rotatable bonds is 8. The van der Waals surface area contributed by atoms with Gasteiger partial charge in [-0.25, -0.2) is 19.5 Å². The van der Waals surface area contributed by atoms with E-state index in [4.69, 9.17) is 19.5 Å². The molecule has 0 amide bonds. The lowest BCUT2D eigenvalue weighted by molar-refractivity contribution is -0.0511. The Hall–Kier alpha value is -1.66. The zero-order valence-electron chi connectivity index (χ0n) is 14.6. The molecule has 3 heterocycles. The third-order valence-corrected chi connectivity index (χ3v) is 5.18. The van der Waals surface area contributed by atoms with E-state index in [2.05, 4.69) is 15.0 Å². The summed E-state index contributed by atoms with van der Waals surface area (Å²) >= 11 is 0. The van der Waals surface area contributed by atoms with E-state index in [9.17, 15) is 19.7 Å². The van der Waals surface area contributed by atoms with Crippen molar-refractivity contribution in [2.24, 2.45) is 0 Å². The first-order chi connectivity index (χ1) is 12.9. The molecule has 27 heavy (non-hydrogen) atoms. The molecule has 1 saturated heterocycles. The number of phosphoric ester groups is 1. The number of nitrogens with zero attached hydrogens (tertiary/aromatic N) is 4. The fourth-order valence-corrected chi connectivity index (χ4v) is 3.78. The summed E-state index contributed by atoms with van der Waals surface area (Å²) in [6.07, 6.45) is -0.894. The quantitative estimate of drug-likeness (QED) is 0.344. The highest BCUT2D eigenvalue weighted by molar-refractivity contribution is 7.47. The van der Waals surface area contributed by atoms with Gasteiger partial charge in [-0.3, -0.25) is 13.6 Å². The van der Waals surface area contributed by atoms with Crippen LogP contribution in [0.2, 0.25) is 0 Å². The fourth-order valence-electron chi connectivity index (χ4n) is 2.79. The Balaban J connectivity index is 1.81. The minimum Gasteiger partial charge on any atom is -0.394 e. The average Bonchev–Trinajstić information content (AvgIpc) is 3.18. The topological polar surface area (TPSA) is 175 Å². The maximum absolute atomic E-state index is 12.1. The van der Waals surface area contributed by atoms with Gasteiger partial charge in [0.25, 0.3) is 0 Å². The van der Waals surface area contributed by atoms with Crippen molar-refractivity contribution >= 4 is 24.8 Å². The Bertz CT molecular complexity index is 833. The summed E-state index contributed by atoms with van der Waals surface area (Å²) in [7, 11) is -4.44. The summed E-state index contributed by atoms with van der Waals surface area (Å²) in [6, 6.07) is 0. The third kappa shape index (κ3) is 4.11. The van der Waals surface area contributed by atoms with E-state index in [1.807, 2.05) is 6.92 Å². The summed E-state index contributed by atoms with van der Waals surface area (Å²) in [5.41, 5.74) is 6.36. The number of unbranched alkanes of at least 4 members (excludes halogenated alkanes) is 1. The van der Waals surface area contributed by atoms with Crippen molar-refractivity contribution in [1.29, 1.82) is 0 Å². The standard InChI is InChI=1S/C14H22N5O7P/c1-2-3-4-24-27(22,23)26-11-8(5-20)25-14(10(11)21)19-7-18-9-12(15)16-6-17-13(9)19/h6-8,10-11,14,20-21H,2-5H2,1H3,(H,22,23)(H2,15,16,17)/t8-,10-,11-,14+/m0/s1. The van der Waals surface area contributed by atoms with Gasteiger partial charge < -0.3 is 25.6 Å². The van der Waals surface area contributed by atoms with Crippen LogP contribution < -0.4 is 5.73 Å². The molecule has 12 nitrogen and oxygen atoms in total. The van der Waals surface area contributed by atoms with Gasteiger partial charge in [0.05, 0.1) is 19.5 Å². The number of hydrogen-bond donors (Lipinski definition) is 4. The lowest BCUT2D eigenvalue weighted by atomic mass is 10.1. The van der Waals surface area contributed by atoms with Crippen LogP contribution in [0.3, 0.4) is 0 Å². The Kier molecular flexibility index (Phi) is 6.06. The van der Waals surface area contributed by atoms with Gasteiger partial charge in [-0.15, -0.1) is 0 Å². The molecule has 0 aliphatic carbocycles. The molecule has 1 unspecified atom stereocenters. The predicted octanol–water partition coefficient (Wildman–Crippen LogP) is -0.0386. The van der Waals surface area contributed by atoms with Crippen LogP contribution >= 0.6 is 7.82 Å². The Morgan fingerprint density at radius 3 is 2.89 bits per heavy atom. The summed E-state index contributed by atoms with van der Waals surface area (Å²) in [6.45, 7) is 1.39. The maximum atomic E-state index is 12.1. The second kappa shape index (κ2) is 8.15. The molecule has 1 aliphatic heterocycles.